The number of hydrogen-bond donors (Lipinski definition) is 2. The molecule has 6 heteroatoms. The van der Waals surface area contributed by atoms with Crippen LogP contribution in [-0.2, 0) is 13.0 Å². The average molecular weight is 351 g/mol. The van der Waals surface area contributed by atoms with Crippen LogP contribution in [0.4, 0.5) is 5.82 Å². The van der Waals surface area contributed by atoms with Gasteiger partial charge in [0.1, 0.15) is 17.3 Å². The van der Waals surface area contributed by atoms with Crippen molar-refractivity contribution in [2.75, 3.05) is 19.0 Å². The van der Waals surface area contributed by atoms with Crippen molar-refractivity contribution in [2.24, 2.45) is 0 Å². The highest BCUT2D eigenvalue weighted by Crippen LogP contribution is 2.12. The van der Waals surface area contributed by atoms with Crippen LogP contribution < -0.4 is 15.4 Å². The van der Waals surface area contributed by atoms with Gasteiger partial charge in [-0.25, -0.2) is 4.98 Å². The quantitative estimate of drug-likeness (QED) is 0.651. The highest BCUT2D eigenvalue weighted by molar-refractivity contribution is 5.94. The van der Waals surface area contributed by atoms with E-state index in [1.165, 1.54) is 5.56 Å². The van der Waals surface area contributed by atoms with E-state index in [4.69, 9.17) is 9.15 Å². The number of pyridine rings is 1. The highest BCUT2D eigenvalue weighted by Gasteiger charge is 2.07. The molecule has 3 aromatic rings. The van der Waals surface area contributed by atoms with Gasteiger partial charge in [-0.05, 0) is 48.4 Å². The third kappa shape index (κ3) is 4.86. The maximum absolute atomic E-state index is 12.2. The lowest BCUT2D eigenvalue weighted by Crippen LogP contribution is -2.22. The van der Waals surface area contributed by atoms with E-state index < -0.39 is 0 Å². The molecule has 0 bridgehead atoms. The molecule has 0 saturated carbocycles. The van der Waals surface area contributed by atoms with Crippen LogP contribution in [0.1, 0.15) is 21.7 Å². The fourth-order valence-electron chi connectivity index (χ4n) is 2.48. The number of amides is 1. The number of rotatable bonds is 8. The first-order valence-corrected chi connectivity index (χ1v) is 8.38. The predicted molar refractivity (Wildman–Crippen MR) is 99.3 cm³/mol. The zero-order valence-corrected chi connectivity index (χ0v) is 14.6. The van der Waals surface area contributed by atoms with E-state index in [9.17, 15) is 4.79 Å². The molecule has 0 aliphatic heterocycles. The van der Waals surface area contributed by atoms with Gasteiger partial charge < -0.3 is 19.8 Å². The molecule has 0 fully saturated rings. The van der Waals surface area contributed by atoms with E-state index in [0.717, 1.165) is 18.7 Å². The molecule has 2 N–H and O–H groups in total. The van der Waals surface area contributed by atoms with Gasteiger partial charge in [0, 0.05) is 18.3 Å². The summed E-state index contributed by atoms with van der Waals surface area (Å²) in [5.41, 5.74) is 1.75. The number of carbonyl (C=O) groups excluding carboxylic acids is 1. The molecule has 6 nitrogen and oxygen atoms in total. The minimum Gasteiger partial charge on any atom is -0.497 e. The summed E-state index contributed by atoms with van der Waals surface area (Å²) < 4.78 is 10.4. The minimum atomic E-state index is -0.165. The molecular weight excluding hydrogens is 330 g/mol. The van der Waals surface area contributed by atoms with Crippen molar-refractivity contribution >= 4 is 11.7 Å². The molecule has 0 spiro atoms. The molecule has 0 aliphatic carbocycles. The lowest BCUT2D eigenvalue weighted by molar-refractivity contribution is 0.0948. The number of aromatic nitrogens is 1. The van der Waals surface area contributed by atoms with E-state index >= 15 is 0 Å². The fourth-order valence-corrected chi connectivity index (χ4v) is 2.48. The molecule has 0 atom stereocenters. The third-order valence-electron chi connectivity index (χ3n) is 3.90. The van der Waals surface area contributed by atoms with Crippen LogP contribution >= 0.6 is 0 Å². The van der Waals surface area contributed by atoms with Crippen LogP contribution in [-0.4, -0.2) is 24.5 Å². The Morgan fingerprint density at radius 3 is 2.77 bits per heavy atom. The van der Waals surface area contributed by atoms with Gasteiger partial charge in [0.05, 0.1) is 19.9 Å². The van der Waals surface area contributed by atoms with Gasteiger partial charge in [-0.3, -0.25) is 4.79 Å². The van der Waals surface area contributed by atoms with Gasteiger partial charge in [-0.1, -0.05) is 12.1 Å². The van der Waals surface area contributed by atoms with Crippen LogP contribution in [0.3, 0.4) is 0 Å². The van der Waals surface area contributed by atoms with Crippen molar-refractivity contribution in [3.05, 3.63) is 77.9 Å². The summed E-state index contributed by atoms with van der Waals surface area (Å²) in [4.78, 5) is 16.5. The van der Waals surface area contributed by atoms with Crippen molar-refractivity contribution in [3.8, 4) is 5.75 Å². The normalized spacial score (nSPS) is 10.3. The van der Waals surface area contributed by atoms with Gasteiger partial charge in [0.2, 0.25) is 0 Å². The minimum absolute atomic E-state index is 0.165. The number of methoxy groups -OCH3 is 1. The summed E-state index contributed by atoms with van der Waals surface area (Å²) in [6, 6.07) is 15.0. The Labute approximate surface area is 152 Å². The van der Waals surface area contributed by atoms with Gasteiger partial charge in [0.15, 0.2) is 0 Å². The predicted octanol–water partition coefficient (Wildman–Crippen LogP) is 3.27. The zero-order chi connectivity index (χ0) is 18.2. The number of nitrogens with one attached hydrogen (secondary N) is 2. The Hall–Kier alpha value is -3.28. The Bertz CT molecular complexity index is 830. The summed E-state index contributed by atoms with van der Waals surface area (Å²) in [6.45, 7) is 1.07. The van der Waals surface area contributed by atoms with E-state index in [1.807, 2.05) is 30.3 Å². The SMILES string of the molecule is COc1ccc(CCNc2cc(C(=O)NCc3ccco3)ccn2)cc1. The number of anilines is 1. The summed E-state index contributed by atoms with van der Waals surface area (Å²) in [6.07, 6.45) is 4.05. The van der Waals surface area contributed by atoms with Gasteiger partial charge in [0.25, 0.3) is 5.91 Å². The van der Waals surface area contributed by atoms with Gasteiger partial charge >= 0.3 is 0 Å². The molecule has 0 unspecified atom stereocenters. The monoisotopic (exact) mass is 351 g/mol. The zero-order valence-electron chi connectivity index (χ0n) is 14.6. The first-order valence-electron chi connectivity index (χ1n) is 8.38. The van der Waals surface area contributed by atoms with Crippen LogP contribution in [0.25, 0.3) is 0 Å². The van der Waals surface area contributed by atoms with Crippen LogP contribution in [0.5, 0.6) is 5.75 Å². The Balaban J connectivity index is 1.50. The van der Waals surface area contributed by atoms with E-state index in [2.05, 4.69) is 15.6 Å². The maximum atomic E-state index is 12.2. The standard InChI is InChI=1S/C20H21N3O3/c1-25-17-6-4-15(5-7-17)8-10-21-19-13-16(9-11-22-19)20(24)23-14-18-3-2-12-26-18/h2-7,9,11-13H,8,10,14H2,1H3,(H,21,22)(H,23,24). The first kappa shape index (κ1) is 17.5. The topological polar surface area (TPSA) is 76.4 Å². The number of ether oxygens (including phenoxy) is 1. The molecule has 0 saturated heterocycles. The lowest BCUT2D eigenvalue weighted by atomic mass is 10.1. The molecule has 3 rings (SSSR count). The van der Waals surface area contributed by atoms with E-state index in [1.54, 1.807) is 37.8 Å². The number of furan rings is 1. The van der Waals surface area contributed by atoms with Crippen molar-refractivity contribution in [1.29, 1.82) is 0 Å². The molecule has 134 valence electrons. The molecule has 1 aromatic carbocycles. The lowest BCUT2D eigenvalue weighted by Gasteiger charge is -2.08. The summed E-state index contributed by atoms with van der Waals surface area (Å²) in [5, 5.41) is 6.07. The summed E-state index contributed by atoms with van der Waals surface area (Å²) >= 11 is 0. The fraction of sp³-hybridized carbons (Fsp3) is 0.200. The van der Waals surface area contributed by atoms with Gasteiger partial charge in [-0.15, -0.1) is 0 Å². The molecule has 26 heavy (non-hydrogen) atoms. The van der Waals surface area contributed by atoms with Crippen LogP contribution in [0, 0.1) is 0 Å². The third-order valence-corrected chi connectivity index (χ3v) is 3.90. The number of carbonyl (C=O) groups is 1. The second-order valence-corrected chi connectivity index (χ2v) is 5.72. The van der Waals surface area contributed by atoms with Crippen LogP contribution in [0.15, 0.2) is 65.4 Å². The van der Waals surface area contributed by atoms with Crippen molar-refractivity contribution < 1.29 is 13.9 Å². The first-order chi connectivity index (χ1) is 12.7. The number of hydrogen-bond acceptors (Lipinski definition) is 5. The summed E-state index contributed by atoms with van der Waals surface area (Å²) in [5.74, 6) is 2.06. The number of benzene rings is 1. The van der Waals surface area contributed by atoms with Crippen LogP contribution in [0.2, 0.25) is 0 Å². The maximum Gasteiger partial charge on any atom is 0.251 e. The largest absolute Gasteiger partial charge is 0.497 e. The molecule has 1 amide bonds. The second kappa shape index (κ2) is 8.71. The summed E-state index contributed by atoms with van der Waals surface area (Å²) in [7, 11) is 1.65. The van der Waals surface area contributed by atoms with Gasteiger partial charge in [-0.2, -0.15) is 0 Å². The van der Waals surface area contributed by atoms with Crippen molar-refractivity contribution in [1.82, 2.24) is 10.3 Å². The molecular formula is C20H21N3O3. The smallest absolute Gasteiger partial charge is 0.251 e. The molecule has 0 aliphatic rings. The molecule has 2 aromatic heterocycles. The number of nitrogens with zero attached hydrogens (tertiary/aromatic N) is 1. The second-order valence-electron chi connectivity index (χ2n) is 5.72. The Kier molecular flexibility index (Phi) is 5.88. The van der Waals surface area contributed by atoms with E-state index in [0.29, 0.717) is 23.7 Å². The van der Waals surface area contributed by atoms with Crippen molar-refractivity contribution in [3.63, 3.8) is 0 Å². The highest BCUT2D eigenvalue weighted by atomic mass is 16.5. The molecule has 2 heterocycles. The Morgan fingerprint density at radius 2 is 2.04 bits per heavy atom. The average Bonchev–Trinajstić information content (AvgIpc) is 3.20. The Morgan fingerprint density at radius 1 is 1.19 bits per heavy atom. The van der Waals surface area contributed by atoms with E-state index in [-0.39, 0.29) is 5.91 Å². The van der Waals surface area contributed by atoms with Crippen molar-refractivity contribution in [2.45, 2.75) is 13.0 Å². The molecule has 0 radical (unpaired) electrons.